The Morgan fingerprint density at radius 2 is 1.65 bits per heavy atom. The van der Waals surface area contributed by atoms with Gasteiger partial charge in [-0.15, -0.1) is 5.10 Å². The second-order valence-corrected chi connectivity index (χ2v) is 6.17. The van der Waals surface area contributed by atoms with Crippen LogP contribution < -0.4 is 11.1 Å². The molecule has 0 spiro atoms. The van der Waals surface area contributed by atoms with Gasteiger partial charge in [0.2, 0.25) is 0 Å². The molecule has 0 unspecified atom stereocenters. The molecule has 0 saturated carbocycles. The van der Waals surface area contributed by atoms with E-state index >= 15 is 0 Å². The van der Waals surface area contributed by atoms with Crippen LogP contribution in [0, 0.1) is 13.8 Å². The van der Waals surface area contributed by atoms with E-state index in [1.54, 1.807) is 24.3 Å². The summed E-state index contributed by atoms with van der Waals surface area (Å²) in [7, 11) is 0. The van der Waals surface area contributed by atoms with Crippen LogP contribution in [0.15, 0.2) is 42.5 Å². The zero-order valence-electron chi connectivity index (χ0n) is 14.8. The van der Waals surface area contributed by atoms with Crippen LogP contribution in [0.1, 0.15) is 38.9 Å². The molecule has 0 saturated heterocycles. The molecule has 7 heteroatoms. The highest BCUT2D eigenvalue weighted by atomic mass is 16.2. The number of amides is 1. The molecule has 2 aromatic carbocycles. The van der Waals surface area contributed by atoms with Crippen LogP contribution in [0.5, 0.6) is 0 Å². The second-order valence-electron chi connectivity index (χ2n) is 6.17. The maximum atomic E-state index is 12.5. The number of rotatable bonds is 4. The van der Waals surface area contributed by atoms with Gasteiger partial charge in [-0.05, 0) is 68.3 Å². The predicted octanol–water partition coefficient (Wildman–Crippen LogP) is 2.92. The number of nitrogens with two attached hydrogens (primary N) is 1. The summed E-state index contributed by atoms with van der Waals surface area (Å²) < 4.78 is 1.44. The fourth-order valence-electron chi connectivity index (χ4n) is 2.69. The number of nitrogens with one attached hydrogen (secondary N) is 1. The minimum absolute atomic E-state index is 0.0384. The topological polar surface area (TPSA) is 103 Å². The Hall–Kier alpha value is -3.48. The van der Waals surface area contributed by atoms with E-state index in [4.69, 9.17) is 5.73 Å². The van der Waals surface area contributed by atoms with Crippen molar-refractivity contribution in [2.45, 2.75) is 20.8 Å². The number of carbonyl (C=O) groups excluding carboxylic acids is 2. The van der Waals surface area contributed by atoms with Crippen molar-refractivity contribution in [1.82, 2.24) is 15.0 Å². The third-order valence-corrected chi connectivity index (χ3v) is 3.92. The largest absolute Gasteiger partial charge is 0.382 e. The standard InChI is InChI=1S/C19H19N5O2/c1-11-8-12(2)10-16(9-11)24-18(20)17(22-23-24)19(26)21-15-6-4-14(5-7-15)13(3)25/h4-10H,20H2,1-3H3,(H,21,26). The smallest absolute Gasteiger partial charge is 0.280 e. The van der Waals surface area contributed by atoms with Gasteiger partial charge in [-0.2, -0.15) is 4.68 Å². The summed E-state index contributed by atoms with van der Waals surface area (Å²) in [6.45, 7) is 5.43. The highest BCUT2D eigenvalue weighted by Gasteiger charge is 2.19. The summed E-state index contributed by atoms with van der Waals surface area (Å²) in [5.41, 5.74) is 10.1. The van der Waals surface area contributed by atoms with E-state index in [2.05, 4.69) is 15.6 Å². The molecule has 26 heavy (non-hydrogen) atoms. The molecule has 1 amide bonds. The Kier molecular flexibility index (Phi) is 4.53. The highest BCUT2D eigenvalue weighted by molar-refractivity contribution is 6.06. The molecule has 0 aliphatic heterocycles. The third kappa shape index (κ3) is 3.46. The van der Waals surface area contributed by atoms with Crippen molar-refractivity contribution in [3.8, 4) is 5.69 Å². The van der Waals surface area contributed by atoms with Crippen LogP contribution in [0.25, 0.3) is 5.69 Å². The fourth-order valence-corrected chi connectivity index (χ4v) is 2.69. The number of nitrogen functional groups attached to an aromatic ring is 1. The number of anilines is 2. The monoisotopic (exact) mass is 349 g/mol. The van der Waals surface area contributed by atoms with Gasteiger partial charge in [-0.25, -0.2) is 0 Å². The van der Waals surface area contributed by atoms with Gasteiger partial charge in [-0.3, -0.25) is 9.59 Å². The molecular formula is C19H19N5O2. The van der Waals surface area contributed by atoms with Gasteiger partial charge in [0.15, 0.2) is 17.3 Å². The van der Waals surface area contributed by atoms with Crippen molar-refractivity contribution in [2.75, 3.05) is 11.1 Å². The lowest BCUT2D eigenvalue weighted by Gasteiger charge is -2.07. The van der Waals surface area contributed by atoms with Gasteiger partial charge in [0.25, 0.3) is 5.91 Å². The normalized spacial score (nSPS) is 10.6. The maximum absolute atomic E-state index is 12.5. The lowest BCUT2D eigenvalue weighted by atomic mass is 10.1. The van der Waals surface area contributed by atoms with E-state index in [0.717, 1.165) is 16.8 Å². The first-order valence-electron chi connectivity index (χ1n) is 8.07. The zero-order valence-corrected chi connectivity index (χ0v) is 14.8. The van der Waals surface area contributed by atoms with Crippen LogP contribution in [-0.4, -0.2) is 26.7 Å². The predicted molar refractivity (Wildman–Crippen MR) is 99.6 cm³/mol. The molecule has 0 fully saturated rings. The van der Waals surface area contributed by atoms with Crippen molar-refractivity contribution in [1.29, 1.82) is 0 Å². The summed E-state index contributed by atoms with van der Waals surface area (Å²) in [4.78, 5) is 23.8. The van der Waals surface area contributed by atoms with Crippen molar-refractivity contribution >= 4 is 23.2 Å². The molecule has 1 aromatic heterocycles. The van der Waals surface area contributed by atoms with Gasteiger partial charge in [0.1, 0.15) is 0 Å². The molecule has 7 nitrogen and oxygen atoms in total. The summed E-state index contributed by atoms with van der Waals surface area (Å²) in [5.74, 6) is -0.343. The minimum atomic E-state index is -0.464. The average Bonchev–Trinajstić information content (AvgIpc) is 2.96. The average molecular weight is 349 g/mol. The van der Waals surface area contributed by atoms with Crippen molar-refractivity contribution in [3.63, 3.8) is 0 Å². The number of ketones is 1. The van der Waals surface area contributed by atoms with Gasteiger partial charge in [-0.1, -0.05) is 11.3 Å². The van der Waals surface area contributed by atoms with E-state index in [9.17, 15) is 9.59 Å². The molecule has 0 atom stereocenters. The molecule has 132 valence electrons. The molecule has 3 aromatic rings. The molecule has 0 bridgehead atoms. The second kappa shape index (κ2) is 6.79. The van der Waals surface area contributed by atoms with Crippen molar-refractivity contribution < 1.29 is 9.59 Å². The van der Waals surface area contributed by atoms with Crippen LogP contribution in [0.2, 0.25) is 0 Å². The van der Waals surface area contributed by atoms with Crippen molar-refractivity contribution in [2.24, 2.45) is 0 Å². The molecule has 3 N–H and O–H groups in total. The van der Waals surface area contributed by atoms with Crippen molar-refractivity contribution in [3.05, 3.63) is 64.8 Å². The summed E-state index contributed by atoms with van der Waals surface area (Å²) >= 11 is 0. The number of aromatic nitrogens is 3. The van der Waals surface area contributed by atoms with Crippen LogP contribution in [0.4, 0.5) is 11.5 Å². The number of benzene rings is 2. The number of carbonyl (C=O) groups is 2. The summed E-state index contributed by atoms with van der Waals surface area (Å²) in [6.07, 6.45) is 0. The third-order valence-electron chi connectivity index (χ3n) is 3.92. The number of aryl methyl sites for hydroxylation is 2. The number of hydrogen-bond donors (Lipinski definition) is 2. The SMILES string of the molecule is CC(=O)c1ccc(NC(=O)c2nnn(-c3cc(C)cc(C)c3)c2N)cc1. The molecule has 0 aliphatic rings. The minimum Gasteiger partial charge on any atom is -0.382 e. The fraction of sp³-hybridized carbons (Fsp3) is 0.158. The Balaban J connectivity index is 1.84. The summed E-state index contributed by atoms with van der Waals surface area (Å²) in [5, 5.41) is 10.6. The van der Waals surface area contributed by atoms with Crippen LogP contribution >= 0.6 is 0 Å². The van der Waals surface area contributed by atoms with Crippen LogP contribution in [0.3, 0.4) is 0 Å². The summed E-state index contributed by atoms with van der Waals surface area (Å²) in [6, 6.07) is 12.5. The lowest BCUT2D eigenvalue weighted by Crippen LogP contribution is -2.15. The molecule has 1 heterocycles. The molecule has 3 rings (SSSR count). The van der Waals surface area contributed by atoms with Gasteiger partial charge >= 0.3 is 0 Å². The molecule has 0 radical (unpaired) electrons. The first-order chi connectivity index (χ1) is 12.3. The highest BCUT2D eigenvalue weighted by Crippen LogP contribution is 2.19. The van der Waals surface area contributed by atoms with Crippen LogP contribution in [-0.2, 0) is 0 Å². The van der Waals surface area contributed by atoms with E-state index in [1.165, 1.54) is 11.6 Å². The van der Waals surface area contributed by atoms with Gasteiger partial charge in [0, 0.05) is 11.3 Å². The quantitative estimate of drug-likeness (QED) is 0.705. The van der Waals surface area contributed by atoms with Gasteiger partial charge in [0.05, 0.1) is 5.69 Å². The van der Waals surface area contributed by atoms with E-state index in [-0.39, 0.29) is 17.3 Å². The van der Waals surface area contributed by atoms with E-state index in [0.29, 0.717) is 11.3 Å². The lowest BCUT2D eigenvalue weighted by molar-refractivity contribution is 0.101. The maximum Gasteiger partial charge on any atom is 0.280 e. The van der Waals surface area contributed by atoms with Gasteiger partial charge < -0.3 is 11.1 Å². The Morgan fingerprint density at radius 3 is 2.23 bits per heavy atom. The number of nitrogens with zero attached hydrogens (tertiary/aromatic N) is 3. The first kappa shape index (κ1) is 17.3. The molecular weight excluding hydrogens is 330 g/mol. The number of hydrogen-bond acceptors (Lipinski definition) is 5. The Labute approximate surface area is 150 Å². The van der Waals surface area contributed by atoms with E-state index < -0.39 is 5.91 Å². The van der Waals surface area contributed by atoms with E-state index in [1.807, 2.05) is 32.0 Å². The molecule has 0 aliphatic carbocycles. The Bertz CT molecular complexity index is 969. The Morgan fingerprint density at radius 1 is 1.04 bits per heavy atom. The zero-order chi connectivity index (χ0) is 18.8. The number of Topliss-reactive ketones (excluding diaryl/α,β-unsaturated/α-hetero) is 1. The first-order valence-corrected chi connectivity index (χ1v) is 8.07.